The van der Waals surface area contributed by atoms with Crippen LogP contribution in [0.3, 0.4) is 0 Å². The van der Waals surface area contributed by atoms with Crippen molar-refractivity contribution in [2.75, 3.05) is 13.2 Å². The first-order chi connectivity index (χ1) is 27.9. The normalized spacial score (nSPS) is 26.3. The minimum absolute atomic E-state index is 0.0734. The zero-order valence-corrected chi connectivity index (χ0v) is 35.9. The predicted octanol–water partition coefficient (Wildman–Crippen LogP) is 6.82. The molecule has 1 heterocycles. The summed E-state index contributed by atoms with van der Waals surface area (Å²) in [7, 11) is -5.13. The SMILES string of the molecule is CCC/C=C\C/C=C\CCCCCCCC(=O)O[C@H](COC(=O)CCCCCCCC1OC1C/C=C\CCCCC)COP(=O)(O)OC1[C@H](O)[C@H](O)C(O)[C@H](O)[C@H]1O. The van der Waals surface area contributed by atoms with Crippen LogP contribution in [0, 0.1) is 0 Å². The number of esters is 2. The van der Waals surface area contributed by atoms with Crippen molar-refractivity contribution in [1.29, 1.82) is 0 Å². The van der Waals surface area contributed by atoms with Gasteiger partial charge in [0.1, 0.15) is 43.2 Å². The molecule has 2 fully saturated rings. The van der Waals surface area contributed by atoms with Crippen molar-refractivity contribution < 1.29 is 67.8 Å². The lowest BCUT2D eigenvalue weighted by atomic mass is 9.85. The fourth-order valence-electron chi connectivity index (χ4n) is 6.68. The molecule has 58 heavy (non-hydrogen) atoms. The number of allylic oxidation sites excluding steroid dienone is 5. The van der Waals surface area contributed by atoms with E-state index in [2.05, 4.69) is 50.3 Å². The van der Waals surface area contributed by atoms with Gasteiger partial charge in [-0.15, -0.1) is 0 Å². The summed E-state index contributed by atoms with van der Waals surface area (Å²) in [6.45, 7) is 3.15. The zero-order valence-electron chi connectivity index (χ0n) is 35.0. The summed E-state index contributed by atoms with van der Waals surface area (Å²) >= 11 is 0. The molecule has 15 heteroatoms. The molecule has 1 saturated carbocycles. The quantitative estimate of drug-likeness (QED) is 0.0129. The summed E-state index contributed by atoms with van der Waals surface area (Å²) in [6, 6.07) is 0. The minimum Gasteiger partial charge on any atom is -0.462 e. The minimum atomic E-state index is -5.13. The van der Waals surface area contributed by atoms with Crippen molar-refractivity contribution in [2.45, 2.75) is 210 Å². The highest BCUT2D eigenvalue weighted by Gasteiger charge is 2.51. The van der Waals surface area contributed by atoms with E-state index in [0.717, 1.165) is 96.3 Å². The Bertz CT molecular complexity index is 1230. The Kier molecular flexibility index (Phi) is 27.9. The van der Waals surface area contributed by atoms with Gasteiger partial charge in [0.05, 0.1) is 18.8 Å². The van der Waals surface area contributed by atoms with Crippen LogP contribution in [0.15, 0.2) is 36.5 Å². The molecule has 6 N–H and O–H groups in total. The van der Waals surface area contributed by atoms with Gasteiger partial charge in [-0.25, -0.2) is 4.57 Å². The monoisotopic (exact) mass is 846 g/mol. The molecule has 10 atom stereocenters. The maximum absolute atomic E-state index is 12.8. The number of aliphatic hydroxyl groups is 5. The van der Waals surface area contributed by atoms with E-state index in [1.165, 1.54) is 19.3 Å². The highest BCUT2D eigenvalue weighted by atomic mass is 31.2. The number of hydrogen-bond acceptors (Lipinski definition) is 13. The molecular formula is C43H75O14P. The second-order valence-electron chi connectivity index (χ2n) is 15.6. The molecule has 2 rings (SSSR count). The largest absolute Gasteiger partial charge is 0.472 e. The Balaban J connectivity index is 1.73. The Morgan fingerprint density at radius 1 is 0.621 bits per heavy atom. The third kappa shape index (κ3) is 23.1. The fraction of sp³-hybridized carbons (Fsp3) is 0.814. The van der Waals surface area contributed by atoms with E-state index in [4.69, 9.17) is 23.3 Å². The van der Waals surface area contributed by atoms with Crippen LogP contribution in [0.1, 0.15) is 155 Å². The van der Waals surface area contributed by atoms with Crippen LogP contribution in [0.25, 0.3) is 0 Å². The van der Waals surface area contributed by atoms with Crippen LogP contribution < -0.4 is 0 Å². The third-order valence-electron chi connectivity index (χ3n) is 10.4. The number of ether oxygens (including phenoxy) is 3. The Morgan fingerprint density at radius 3 is 1.83 bits per heavy atom. The van der Waals surface area contributed by atoms with Crippen LogP contribution >= 0.6 is 7.82 Å². The van der Waals surface area contributed by atoms with Crippen LogP contribution in [0.4, 0.5) is 0 Å². The van der Waals surface area contributed by atoms with Gasteiger partial charge in [0.2, 0.25) is 0 Å². The lowest BCUT2D eigenvalue weighted by Crippen LogP contribution is -2.64. The summed E-state index contributed by atoms with van der Waals surface area (Å²) in [6.07, 6.45) is 20.8. The number of hydrogen-bond donors (Lipinski definition) is 6. The maximum atomic E-state index is 12.8. The van der Waals surface area contributed by atoms with Crippen LogP contribution in [-0.4, -0.2) is 111 Å². The van der Waals surface area contributed by atoms with Gasteiger partial charge in [-0.3, -0.25) is 18.6 Å². The van der Waals surface area contributed by atoms with Gasteiger partial charge in [0, 0.05) is 12.8 Å². The van der Waals surface area contributed by atoms with E-state index in [-0.39, 0.29) is 12.8 Å². The van der Waals surface area contributed by atoms with Crippen molar-refractivity contribution in [1.82, 2.24) is 0 Å². The Hall–Kier alpha value is -1.97. The van der Waals surface area contributed by atoms with Crippen molar-refractivity contribution in [3.8, 4) is 0 Å². The average molecular weight is 847 g/mol. The number of carbonyl (C=O) groups excluding carboxylic acids is 2. The highest BCUT2D eigenvalue weighted by molar-refractivity contribution is 7.47. The smallest absolute Gasteiger partial charge is 0.462 e. The molecule has 0 amide bonds. The fourth-order valence-corrected chi connectivity index (χ4v) is 7.66. The molecule has 336 valence electrons. The molecule has 14 nitrogen and oxygen atoms in total. The molecule has 0 spiro atoms. The second kappa shape index (κ2) is 31.0. The highest BCUT2D eigenvalue weighted by Crippen LogP contribution is 2.47. The summed E-state index contributed by atoms with van der Waals surface area (Å²) in [4.78, 5) is 35.6. The molecule has 0 aromatic carbocycles. The summed E-state index contributed by atoms with van der Waals surface area (Å²) < 4.78 is 39.2. The van der Waals surface area contributed by atoms with E-state index >= 15 is 0 Å². The third-order valence-corrected chi connectivity index (χ3v) is 11.3. The van der Waals surface area contributed by atoms with Gasteiger partial charge in [0.25, 0.3) is 0 Å². The molecule has 5 unspecified atom stereocenters. The van der Waals surface area contributed by atoms with Gasteiger partial charge in [0.15, 0.2) is 6.10 Å². The molecule has 0 bridgehead atoms. The van der Waals surface area contributed by atoms with Gasteiger partial charge in [-0.2, -0.15) is 0 Å². The van der Waals surface area contributed by atoms with E-state index in [9.17, 15) is 44.6 Å². The number of rotatable bonds is 34. The van der Waals surface area contributed by atoms with Gasteiger partial charge in [-0.05, 0) is 64.2 Å². The van der Waals surface area contributed by atoms with Gasteiger partial charge in [-0.1, -0.05) is 115 Å². The molecule has 1 aliphatic carbocycles. The maximum Gasteiger partial charge on any atom is 0.472 e. The van der Waals surface area contributed by atoms with Crippen molar-refractivity contribution in [3.05, 3.63) is 36.5 Å². The average Bonchev–Trinajstić information content (AvgIpc) is 3.96. The molecule has 1 saturated heterocycles. The van der Waals surface area contributed by atoms with Crippen LogP contribution in [-0.2, 0) is 37.4 Å². The molecule has 0 aromatic rings. The van der Waals surface area contributed by atoms with Crippen LogP contribution in [0.5, 0.6) is 0 Å². The van der Waals surface area contributed by atoms with Crippen molar-refractivity contribution in [3.63, 3.8) is 0 Å². The summed E-state index contributed by atoms with van der Waals surface area (Å²) in [5.74, 6) is -1.14. The zero-order chi connectivity index (χ0) is 42.6. The molecule has 0 aromatic heterocycles. The Morgan fingerprint density at radius 2 is 1.17 bits per heavy atom. The van der Waals surface area contributed by atoms with Gasteiger partial charge < -0.3 is 44.6 Å². The predicted molar refractivity (Wildman–Crippen MR) is 221 cm³/mol. The first-order valence-electron chi connectivity index (χ1n) is 21.9. The first-order valence-corrected chi connectivity index (χ1v) is 23.4. The van der Waals surface area contributed by atoms with Crippen molar-refractivity contribution >= 4 is 19.8 Å². The number of epoxide rings is 1. The van der Waals surface area contributed by atoms with E-state index in [1.807, 2.05) is 0 Å². The topological polar surface area (TPSA) is 222 Å². The summed E-state index contributed by atoms with van der Waals surface area (Å²) in [5.41, 5.74) is 0. The number of carbonyl (C=O) groups is 2. The van der Waals surface area contributed by atoms with E-state index < -0.39 is 75.7 Å². The molecule has 1 aliphatic heterocycles. The standard InChI is InChI=1S/C43H75O14P/c1-3-5-7-9-11-12-13-14-15-16-17-21-26-30-37(45)55-33(32-54-58(51,52)57-43-41(49)39(47)38(46)40(48)42(43)50)31-53-36(44)29-25-22-18-20-24-28-35-34(56-35)27-23-19-10-8-6-4-2/h7,9,12-13,19,23,33-35,38-43,46-50H,3-6,8,10-11,14-18,20-22,24-32H2,1-2H3,(H,51,52)/b9-7-,13-12-,23-19-/t33-,34?,35?,38?,39-,40+,41-,42-,43?/m1/s1. The van der Waals surface area contributed by atoms with E-state index in [1.54, 1.807) is 0 Å². The lowest BCUT2D eigenvalue weighted by molar-refractivity contribution is -0.220. The molecule has 0 radical (unpaired) electrons. The first kappa shape index (κ1) is 52.2. The Labute approximate surface area is 346 Å². The molecule has 2 aliphatic rings. The van der Waals surface area contributed by atoms with E-state index in [0.29, 0.717) is 25.0 Å². The second-order valence-corrected chi connectivity index (χ2v) is 17.0. The number of phosphoric ester groups is 1. The lowest BCUT2D eigenvalue weighted by Gasteiger charge is -2.41. The number of aliphatic hydroxyl groups excluding tert-OH is 5. The van der Waals surface area contributed by atoms with Crippen molar-refractivity contribution in [2.24, 2.45) is 0 Å². The summed E-state index contributed by atoms with van der Waals surface area (Å²) in [5, 5.41) is 50.1. The number of phosphoric acid groups is 1. The molecular weight excluding hydrogens is 771 g/mol. The van der Waals surface area contributed by atoms with Gasteiger partial charge >= 0.3 is 19.8 Å². The van der Waals surface area contributed by atoms with Crippen LogP contribution in [0.2, 0.25) is 0 Å². The number of unbranched alkanes of at least 4 members (excludes halogenated alkanes) is 13.